The molecule has 0 aliphatic rings. The third-order valence-corrected chi connectivity index (χ3v) is 8.32. The lowest BCUT2D eigenvalue weighted by atomic mass is 9.89. The summed E-state index contributed by atoms with van der Waals surface area (Å²) in [5.74, 6) is 15.7. The van der Waals surface area contributed by atoms with Gasteiger partial charge in [-0.15, -0.1) is 0 Å². The molecule has 0 unspecified atom stereocenters. The fraction of sp³-hybridized carbons (Fsp3) is 0.0952. The molecule has 0 aliphatic carbocycles. The zero-order chi connectivity index (χ0) is 30.2. The van der Waals surface area contributed by atoms with E-state index in [2.05, 4.69) is 96.5 Å². The monoisotopic (exact) mass is 566 g/mol. The van der Waals surface area contributed by atoms with E-state index in [1.54, 1.807) is 14.2 Å². The van der Waals surface area contributed by atoms with Crippen LogP contribution in [0.4, 0.5) is 0 Å². The zero-order valence-electron chi connectivity index (χ0n) is 25.2. The van der Waals surface area contributed by atoms with Gasteiger partial charge in [0.1, 0.15) is 11.5 Å². The average Bonchev–Trinajstić information content (AvgIpc) is 3.04. The Morgan fingerprint density at radius 2 is 0.841 bits per heavy atom. The van der Waals surface area contributed by atoms with Crippen LogP contribution in [0.2, 0.25) is 0 Å². The molecule has 0 saturated heterocycles. The zero-order valence-corrected chi connectivity index (χ0v) is 25.2. The van der Waals surface area contributed by atoms with Crippen molar-refractivity contribution in [1.82, 2.24) is 0 Å². The Balaban J connectivity index is 1.58. The first-order chi connectivity index (χ1) is 21.6. The quantitative estimate of drug-likeness (QED) is 0.153. The van der Waals surface area contributed by atoms with Crippen molar-refractivity contribution in [2.75, 3.05) is 14.2 Å². The molecule has 2 heteroatoms. The van der Waals surface area contributed by atoms with Crippen LogP contribution in [0.1, 0.15) is 33.4 Å². The van der Waals surface area contributed by atoms with E-state index in [1.165, 1.54) is 21.5 Å². The van der Waals surface area contributed by atoms with E-state index < -0.39 is 0 Å². The second kappa shape index (κ2) is 11.2. The van der Waals surface area contributed by atoms with Crippen molar-refractivity contribution in [3.63, 3.8) is 0 Å². The van der Waals surface area contributed by atoms with Gasteiger partial charge in [0.05, 0.1) is 25.3 Å². The molecule has 0 spiro atoms. The molecular formula is C42H30O2. The fourth-order valence-corrected chi connectivity index (χ4v) is 6.19. The number of methoxy groups -OCH3 is 2. The Kier molecular flexibility index (Phi) is 6.90. The lowest BCUT2D eigenvalue weighted by Gasteiger charge is -2.13. The molecular weight excluding hydrogens is 536 g/mol. The van der Waals surface area contributed by atoms with Gasteiger partial charge in [0.2, 0.25) is 0 Å². The molecule has 0 N–H and O–H groups in total. The molecule has 0 saturated carbocycles. The third-order valence-electron chi connectivity index (χ3n) is 8.32. The maximum Gasteiger partial charge on any atom is 0.137 e. The number of para-hydroxylation sites is 2. The number of ether oxygens (including phenoxy) is 2. The van der Waals surface area contributed by atoms with Gasteiger partial charge in [-0.25, -0.2) is 0 Å². The number of fused-ring (bicyclic) bond motifs is 4. The highest BCUT2D eigenvalue weighted by Crippen LogP contribution is 2.36. The normalized spacial score (nSPS) is 10.8. The van der Waals surface area contributed by atoms with Crippen molar-refractivity contribution < 1.29 is 9.47 Å². The predicted molar refractivity (Wildman–Crippen MR) is 184 cm³/mol. The fourth-order valence-electron chi connectivity index (χ4n) is 6.19. The van der Waals surface area contributed by atoms with Gasteiger partial charge in [-0.2, -0.15) is 0 Å². The minimum Gasteiger partial charge on any atom is -0.495 e. The summed E-state index contributed by atoms with van der Waals surface area (Å²) in [5, 5.41) is 9.05. The molecule has 7 aromatic carbocycles. The van der Waals surface area contributed by atoms with Crippen molar-refractivity contribution in [1.29, 1.82) is 0 Å². The molecule has 2 nitrogen and oxygen atoms in total. The summed E-state index contributed by atoms with van der Waals surface area (Å²) < 4.78 is 11.5. The molecule has 0 amide bonds. The van der Waals surface area contributed by atoms with Gasteiger partial charge in [0.15, 0.2) is 0 Å². The molecule has 0 aliphatic heterocycles. The van der Waals surface area contributed by atoms with Gasteiger partial charge in [-0.05, 0) is 104 Å². The Morgan fingerprint density at radius 3 is 1.27 bits per heavy atom. The van der Waals surface area contributed by atoms with E-state index in [-0.39, 0.29) is 0 Å². The molecule has 0 atom stereocenters. The lowest BCUT2D eigenvalue weighted by molar-refractivity contribution is 0.410. The molecule has 44 heavy (non-hydrogen) atoms. The van der Waals surface area contributed by atoms with Gasteiger partial charge in [0.25, 0.3) is 0 Å². The van der Waals surface area contributed by atoms with Crippen LogP contribution in [0.25, 0.3) is 43.1 Å². The molecule has 0 aromatic heterocycles. The van der Waals surface area contributed by atoms with Crippen molar-refractivity contribution in [2.24, 2.45) is 0 Å². The Bertz CT molecular complexity index is 2220. The summed E-state index contributed by atoms with van der Waals surface area (Å²) in [7, 11) is 3.40. The molecule has 0 bridgehead atoms. The summed E-state index contributed by atoms with van der Waals surface area (Å²) in [6, 6.07) is 38.2. The lowest BCUT2D eigenvalue weighted by Crippen LogP contribution is -1.93. The van der Waals surface area contributed by atoms with Gasteiger partial charge >= 0.3 is 0 Å². The van der Waals surface area contributed by atoms with E-state index in [4.69, 9.17) is 9.47 Å². The average molecular weight is 567 g/mol. The van der Waals surface area contributed by atoms with Gasteiger partial charge in [-0.1, -0.05) is 96.5 Å². The Morgan fingerprint density at radius 1 is 0.409 bits per heavy atom. The molecule has 0 heterocycles. The molecule has 7 aromatic rings. The van der Waals surface area contributed by atoms with Crippen LogP contribution < -0.4 is 9.47 Å². The summed E-state index contributed by atoms with van der Waals surface area (Å²) >= 11 is 0. The van der Waals surface area contributed by atoms with Crippen molar-refractivity contribution in [2.45, 2.75) is 13.8 Å². The number of hydrogen-bond donors (Lipinski definition) is 0. The molecule has 0 fully saturated rings. The second-order valence-corrected chi connectivity index (χ2v) is 11.1. The van der Waals surface area contributed by atoms with Gasteiger partial charge < -0.3 is 9.47 Å². The van der Waals surface area contributed by atoms with E-state index in [1.807, 2.05) is 50.2 Å². The first-order valence-electron chi connectivity index (χ1n) is 14.7. The number of rotatable bonds is 2. The summed E-state index contributed by atoms with van der Waals surface area (Å²) in [4.78, 5) is 0. The van der Waals surface area contributed by atoms with Crippen molar-refractivity contribution in [3.05, 3.63) is 143 Å². The third kappa shape index (κ3) is 4.68. The first-order valence-corrected chi connectivity index (χ1v) is 14.7. The van der Waals surface area contributed by atoms with Crippen LogP contribution in [0.5, 0.6) is 11.5 Å². The number of hydrogen-bond acceptors (Lipinski definition) is 2. The Hall–Kier alpha value is -5.70. The van der Waals surface area contributed by atoms with E-state index in [0.717, 1.165) is 66.4 Å². The summed E-state index contributed by atoms with van der Waals surface area (Å²) in [6.45, 7) is 4.09. The standard InChI is InChI=1S/C42H30O2/c1-27-11-9-15-29(41(27)43-3)19-21-37-35-17-7-8-18-36(35)38(22-20-30-16-10-12-28(2)42(30)44-4)40-26-34-24-32-14-6-5-13-31(32)23-33(34)25-39(37)40/h5-18,23-26H,1-4H3. The predicted octanol–water partition coefficient (Wildman–Crippen LogP) is 9.73. The molecule has 210 valence electrons. The van der Waals surface area contributed by atoms with Crippen molar-refractivity contribution >= 4 is 43.1 Å². The largest absolute Gasteiger partial charge is 0.495 e. The minimum atomic E-state index is 0.806. The van der Waals surface area contributed by atoms with Crippen LogP contribution in [-0.2, 0) is 0 Å². The maximum absolute atomic E-state index is 5.73. The summed E-state index contributed by atoms with van der Waals surface area (Å²) in [6.07, 6.45) is 0. The highest BCUT2D eigenvalue weighted by molar-refractivity contribution is 6.15. The molecule has 7 rings (SSSR count). The van der Waals surface area contributed by atoms with E-state index in [9.17, 15) is 0 Å². The molecule has 0 radical (unpaired) electrons. The van der Waals surface area contributed by atoms with Crippen molar-refractivity contribution in [3.8, 4) is 35.2 Å². The smallest absolute Gasteiger partial charge is 0.137 e. The van der Waals surface area contributed by atoms with Gasteiger partial charge in [0, 0.05) is 11.1 Å². The Labute approximate surface area is 257 Å². The minimum absolute atomic E-state index is 0.806. The van der Waals surface area contributed by atoms with Crippen LogP contribution in [0, 0.1) is 37.5 Å². The topological polar surface area (TPSA) is 18.5 Å². The SMILES string of the molecule is COc1c(C)cccc1C#Cc1c2ccccc2c(C#Cc2cccc(C)c2OC)c2cc3cc4ccccc4cc3cc12. The van der Waals surface area contributed by atoms with Gasteiger partial charge in [-0.3, -0.25) is 0 Å². The van der Waals surface area contributed by atoms with E-state index >= 15 is 0 Å². The maximum atomic E-state index is 5.73. The van der Waals surface area contributed by atoms with E-state index in [0.29, 0.717) is 0 Å². The highest BCUT2D eigenvalue weighted by atomic mass is 16.5. The summed E-state index contributed by atoms with van der Waals surface area (Å²) in [5.41, 5.74) is 5.81. The van der Waals surface area contributed by atoms with Crippen LogP contribution >= 0.6 is 0 Å². The number of benzene rings is 7. The second-order valence-electron chi connectivity index (χ2n) is 11.1. The first kappa shape index (κ1) is 27.2. The van der Waals surface area contributed by atoms with Crippen LogP contribution in [-0.4, -0.2) is 14.2 Å². The highest BCUT2D eigenvalue weighted by Gasteiger charge is 2.14. The number of aryl methyl sites for hydroxylation is 2. The van der Waals surface area contributed by atoms with Crippen LogP contribution in [0.15, 0.2) is 109 Å². The van der Waals surface area contributed by atoms with Crippen LogP contribution in [0.3, 0.4) is 0 Å².